The Morgan fingerprint density at radius 1 is 1.03 bits per heavy atom. The molecule has 2 aromatic rings. The SMILES string of the molecule is O=C(N1CC(n2cc(COc3ccccc3)nn2)C1)C12CC3CC(CC(C3)C1)C2. The van der Waals surface area contributed by atoms with Gasteiger partial charge in [-0.2, -0.15) is 0 Å². The van der Waals surface area contributed by atoms with Crippen LogP contribution in [0.3, 0.4) is 0 Å². The molecule has 0 radical (unpaired) electrons. The lowest BCUT2D eigenvalue weighted by atomic mass is 9.49. The first-order valence-corrected chi connectivity index (χ1v) is 11.0. The van der Waals surface area contributed by atoms with Crippen molar-refractivity contribution in [1.29, 1.82) is 0 Å². The van der Waals surface area contributed by atoms with Crippen molar-refractivity contribution in [1.82, 2.24) is 19.9 Å². The van der Waals surface area contributed by atoms with Crippen LogP contribution in [0.2, 0.25) is 0 Å². The van der Waals surface area contributed by atoms with Gasteiger partial charge in [-0.25, -0.2) is 4.68 Å². The van der Waals surface area contributed by atoms with Gasteiger partial charge in [-0.15, -0.1) is 5.10 Å². The van der Waals surface area contributed by atoms with E-state index in [1.807, 2.05) is 41.2 Å². The van der Waals surface area contributed by atoms with E-state index < -0.39 is 0 Å². The Kier molecular flexibility index (Phi) is 3.96. The molecular weight excluding hydrogens is 364 g/mol. The zero-order valence-corrected chi connectivity index (χ0v) is 16.7. The van der Waals surface area contributed by atoms with Gasteiger partial charge in [0, 0.05) is 13.1 Å². The lowest BCUT2D eigenvalue weighted by Crippen LogP contribution is -2.60. The minimum atomic E-state index is -0.0310. The molecule has 6 heteroatoms. The fourth-order valence-corrected chi connectivity index (χ4v) is 6.73. The van der Waals surface area contributed by atoms with E-state index in [1.54, 1.807) is 0 Å². The molecule has 7 rings (SSSR count). The lowest BCUT2D eigenvalue weighted by Gasteiger charge is -2.57. The average molecular weight is 393 g/mol. The molecule has 1 aliphatic heterocycles. The van der Waals surface area contributed by atoms with Gasteiger partial charge in [0.25, 0.3) is 0 Å². The average Bonchev–Trinajstić information content (AvgIpc) is 3.13. The van der Waals surface area contributed by atoms with E-state index >= 15 is 0 Å². The molecule has 0 N–H and O–H groups in total. The number of rotatable bonds is 5. The fraction of sp³-hybridized carbons (Fsp3) is 0.609. The first kappa shape index (κ1) is 17.5. The Labute approximate surface area is 171 Å². The van der Waals surface area contributed by atoms with E-state index in [1.165, 1.54) is 19.3 Å². The van der Waals surface area contributed by atoms with E-state index in [9.17, 15) is 4.79 Å². The molecule has 152 valence electrons. The summed E-state index contributed by atoms with van der Waals surface area (Å²) in [6.07, 6.45) is 9.52. The van der Waals surface area contributed by atoms with Gasteiger partial charge in [0.2, 0.25) is 5.91 Å². The number of nitrogens with zero attached hydrogens (tertiary/aromatic N) is 4. The molecule has 4 saturated carbocycles. The summed E-state index contributed by atoms with van der Waals surface area (Å²) in [5, 5.41) is 8.53. The summed E-state index contributed by atoms with van der Waals surface area (Å²) in [7, 11) is 0. The van der Waals surface area contributed by atoms with Gasteiger partial charge in [0.15, 0.2) is 0 Å². The van der Waals surface area contributed by atoms with Crippen LogP contribution in [0.4, 0.5) is 0 Å². The number of hydrogen-bond acceptors (Lipinski definition) is 4. The number of aromatic nitrogens is 3. The Morgan fingerprint density at radius 3 is 2.34 bits per heavy atom. The third-order valence-corrected chi connectivity index (χ3v) is 7.70. The van der Waals surface area contributed by atoms with E-state index in [-0.39, 0.29) is 11.5 Å². The summed E-state index contributed by atoms with van der Waals surface area (Å²) in [4.78, 5) is 15.5. The molecule has 6 nitrogen and oxygen atoms in total. The van der Waals surface area contributed by atoms with Gasteiger partial charge in [-0.1, -0.05) is 23.4 Å². The maximum atomic E-state index is 13.4. The van der Waals surface area contributed by atoms with Crippen molar-refractivity contribution in [2.75, 3.05) is 13.1 Å². The Balaban J connectivity index is 1.06. The summed E-state index contributed by atoms with van der Waals surface area (Å²) < 4.78 is 7.66. The van der Waals surface area contributed by atoms with E-state index in [0.29, 0.717) is 12.5 Å². The minimum Gasteiger partial charge on any atom is -0.487 e. The lowest BCUT2D eigenvalue weighted by molar-refractivity contribution is -0.163. The van der Waals surface area contributed by atoms with Gasteiger partial charge in [-0.3, -0.25) is 4.79 Å². The standard InChI is InChI=1S/C23H28N4O2/c28-22(23-9-16-6-17(10-23)8-18(7-16)11-23)26-13-20(14-26)27-12-19(24-25-27)15-29-21-4-2-1-3-5-21/h1-5,12,16-18,20H,6-11,13-15H2. The van der Waals surface area contributed by atoms with Crippen LogP contribution in [-0.4, -0.2) is 38.9 Å². The number of carbonyl (C=O) groups excluding carboxylic acids is 1. The molecule has 0 unspecified atom stereocenters. The highest BCUT2D eigenvalue weighted by Gasteiger charge is 2.56. The molecule has 5 fully saturated rings. The number of para-hydroxylation sites is 1. The predicted molar refractivity (Wildman–Crippen MR) is 107 cm³/mol. The van der Waals surface area contributed by atoms with Gasteiger partial charge >= 0.3 is 0 Å². The second-order valence-corrected chi connectivity index (χ2v) is 9.85. The van der Waals surface area contributed by atoms with Crippen LogP contribution in [0.15, 0.2) is 36.5 Å². The smallest absolute Gasteiger partial charge is 0.228 e. The molecule has 29 heavy (non-hydrogen) atoms. The van der Waals surface area contributed by atoms with Crippen LogP contribution in [0.5, 0.6) is 5.75 Å². The number of amides is 1. The third kappa shape index (κ3) is 3.04. The topological polar surface area (TPSA) is 60.2 Å². The quantitative estimate of drug-likeness (QED) is 0.782. The highest BCUT2D eigenvalue weighted by Crippen LogP contribution is 2.60. The largest absolute Gasteiger partial charge is 0.487 e. The number of benzene rings is 1. The molecule has 0 spiro atoms. The summed E-state index contributed by atoms with van der Waals surface area (Å²) in [6, 6.07) is 9.99. The second-order valence-electron chi connectivity index (χ2n) is 9.85. The molecule has 4 aliphatic carbocycles. The van der Waals surface area contributed by atoms with Crippen LogP contribution in [0, 0.1) is 23.2 Å². The van der Waals surface area contributed by atoms with Crippen molar-refractivity contribution in [2.45, 2.75) is 51.2 Å². The molecule has 2 heterocycles. The Hall–Kier alpha value is -2.37. The van der Waals surface area contributed by atoms with Crippen molar-refractivity contribution in [3.8, 4) is 5.75 Å². The van der Waals surface area contributed by atoms with Crippen molar-refractivity contribution in [3.05, 3.63) is 42.2 Å². The van der Waals surface area contributed by atoms with Crippen molar-refractivity contribution in [3.63, 3.8) is 0 Å². The normalized spacial score (nSPS) is 33.0. The summed E-state index contributed by atoms with van der Waals surface area (Å²) in [5.41, 5.74) is 0.788. The first-order valence-electron chi connectivity index (χ1n) is 11.0. The molecule has 0 atom stereocenters. The highest BCUT2D eigenvalue weighted by atomic mass is 16.5. The molecule has 1 amide bonds. The van der Waals surface area contributed by atoms with Crippen LogP contribution in [0.1, 0.15) is 50.3 Å². The summed E-state index contributed by atoms with van der Waals surface area (Å²) in [6.45, 7) is 1.94. The van der Waals surface area contributed by atoms with Crippen molar-refractivity contribution >= 4 is 5.91 Å². The molecule has 1 aromatic carbocycles. The molecule has 1 saturated heterocycles. The van der Waals surface area contributed by atoms with Crippen LogP contribution in [-0.2, 0) is 11.4 Å². The molecule has 1 aromatic heterocycles. The monoisotopic (exact) mass is 392 g/mol. The Bertz CT molecular complexity index is 867. The fourth-order valence-electron chi connectivity index (χ4n) is 6.73. The Morgan fingerprint density at radius 2 is 1.69 bits per heavy atom. The van der Waals surface area contributed by atoms with Crippen LogP contribution >= 0.6 is 0 Å². The van der Waals surface area contributed by atoms with E-state index in [4.69, 9.17) is 4.74 Å². The summed E-state index contributed by atoms with van der Waals surface area (Å²) in [5.74, 6) is 3.69. The zero-order chi connectivity index (χ0) is 19.4. The van der Waals surface area contributed by atoms with Crippen molar-refractivity contribution in [2.24, 2.45) is 23.2 Å². The van der Waals surface area contributed by atoms with Crippen LogP contribution in [0.25, 0.3) is 0 Å². The number of ether oxygens (including phenoxy) is 1. The summed E-state index contributed by atoms with van der Waals surface area (Å²) >= 11 is 0. The van der Waals surface area contributed by atoms with Gasteiger partial charge in [0.1, 0.15) is 18.1 Å². The minimum absolute atomic E-state index is 0.0310. The maximum Gasteiger partial charge on any atom is 0.228 e. The maximum absolute atomic E-state index is 13.4. The number of likely N-dealkylation sites (tertiary alicyclic amines) is 1. The zero-order valence-electron chi connectivity index (χ0n) is 16.7. The number of hydrogen-bond donors (Lipinski definition) is 0. The highest BCUT2D eigenvalue weighted by molar-refractivity contribution is 5.84. The van der Waals surface area contributed by atoms with Crippen LogP contribution < -0.4 is 4.74 Å². The van der Waals surface area contributed by atoms with Crippen molar-refractivity contribution < 1.29 is 9.53 Å². The predicted octanol–water partition coefficient (Wildman–Crippen LogP) is 3.46. The first-order chi connectivity index (χ1) is 14.2. The molecule has 4 bridgehead atoms. The van der Waals surface area contributed by atoms with E-state index in [2.05, 4.69) is 15.2 Å². The molecular formula is C23H28N4O2. The third-order valence-electron chi connectivity index (χ3n) is 7.70. The van der Waals surface area contributed by atoms with Gasteiger partial charge in [-0.05, 0) is 68.4 Å². The van der Waals surface area contributed by atoms with E-state index in [0.717, 1.165) is 61.5 Å². The molecule has 5 aliphatic rings. The van der Waals surface area contributed by atoms with Gasteiger partial charge < -0.3 is 9.64 Å². The number of carbonyl (C=O) groups is 1. The van der Waals surface area contributed by atoms with Gasteiger partial charge in [0.05, 0.1) is 17.7 Å². The second kappa shape index (κ2) is 6.57.